The SMILES string of the molecule is COc1ccc(S(=O)(=O)N2CCc3cc(OC)c(OC)cc3C2C)cc1. The van der Waals surface area contributed by atoms with Gasteiger partial charge >= 0.3 is 0 Å². The molecule has 1 heterocycles. The number of nitrogens with zero attached hydrogens (tertiary/aromatic N) is 1. The number of rotatable bonds is 5. The van der Waals surface area contributed by atoms with Crippen LogP contribution in [0, 0.1) is 0 Å². The first-order valence-corrected chi connectivity index (χ1v) is 9.77. The molecule has 0 saturated carbocycles. The summed E-state index contributed by atoms with van der Waals surface area (Å²) in [5, 5.41) is 0. The zero-order chi connectivity index (χ0) is 18.9. The van der Waals surface area contributed by atoms with Crippen LogP contribution in [0.1, 0.15) is 24.1 Å². The number of benzene rings is 2. The summed E-state index contributed by atoms with van der Waals surface area (Å²) >= 11 is 0. The van der Waals surface area contributed by atoms with E-state index in [-0.39, 0.29) is 10.9 Å². The molecule has 0 radical (unpaired) electrons. The normalized spacial score (nSPS) is 17.5. The minimum atomic E-state index is -3.61. The fourth-order valence-electron chi connectivity index (χ4n) is 3.33. The predicted octanol–water partition coefficient (Wildman–Crippen LogP) is 3.02. The molecule has 7 heteroatoms. The molecule has 2 aromatic carbocycles. The molecule has 0 bridgehead atoms. The molecule has 26 heavy (non-hydrogen) atoms. The lowest BCUT2D eigenvalue weighted by molar-refractivity contribution is 0.319. The summed E-state index contributed by atoms with van der Waals surface area (Å²) < 4.78 is 43.6. The van der Waals surface area contributed by atoms with Gasteiger partial charge in [0.2, 0.25) is 10.0 Å². The van der Waals surface area contributed by atoms with Crippen molar-refractivity contribution in [3.63, 3.8) is 0 Å². The molecule has 6 nitrogen and oxygen atoms in total. The fourth-order valence-corrected chi connectivity index (χ4v) is 4.95. The Kier molecular flexibility index (Phi) is 5.11. The van der Waals surface area contributed by atoms with Crippen LogP contribution in [0.2, 0.25) is 0 Å². The van der Waals surface area contributed by atoms with Crippen LogP contribution >= 0.6 is 0 Å². The molecule has 1 aliphatic rings. The van der Waals surface area contributed by atoms with E-state index in [1.165, 1.54) is 4.31 Å². The van der Waals surface area contributed by atoms with E-state index in [4.69, 9.17) is 14.2 Å². The molecule has 140 valence electrons. The van der Waals surface area contributed by atoms with Gasteiger partial charge in [-0.05, 0) is 60.9 Å². The average Bonchev–Trinajstić information content (AvgIpc) is 2.67. The molecule has 1 atom stereocenters. The lowest BCUT2D eigenvalue weighted by atomic mass is 9.94. The fraction of sp³-hybridized carbons (Fsp3) is 0.368. The molecule has 0 amide bonds. The van der Waals surface area contributed by atoms with Crippen molar-refractivity contribution in [2.24, 2.45) is 0 Å². The van der Waals surface area contributed by atoms with E-state index in [2.05, 4.69) is 0 Å². The summed E-state index contributed by atoms with van der Waals surface area (Å²) in [6.45, 7) is 2.31. The first-order valence-electron chi connectivity index (χ1n) is 8.33. The number of hydrogen-bond acceptors (Lipinski definition) is 5. The lowest BCUT2D eigenvalue weighted by Gasteiger charge is -2.34. The van der Waals surface area contributed by atoms with E-state index in [9.17, 15) is 8.42 Å². The smallest absolute Gasteiger partial charge is 0.243 e. The van der Waals surface area contributed by atoms with Crippen LogP contribution in [0.5, 0.6) is 17.2 Å². The molecule has 0 aromatic heterocycles. The van der Waals surface area contributed by atoms with Crippen LogP contribution in [-0.4, -0.2) is 40.6 Å². The number of methoxy groups -OCH3 is 3. The van der Waals surface area contributed by atoms with Gasteiger partial charge in [-0.3, -0.25) is 0 Å². The molecule has 0 spiro atoms. The van der Waals surface area contributed by atoms with Crippen molar-refractivity contribution in [3.8, 4) is 17.2 Å². The van der Waals surface area contributed by atoms with E-state index in [1.807, 2.05) is 19.1 Å². The standard InChI is InChI=1S/C19H23NO5S/c1-13-17-12-19(25-4)18(24-3)11-14(17)9-10-20(13)26(21,22)16-7-5-15(23-2)6-8-16/h5-8,11-13H,9-10H2,1-4H3. The summed E-state index contributed by atoms with van der Waals surface area (Å²) in [4.78, 5) is 0.258. The van der Waals surface area contributed by atoms with Crippen molar-refractivity contribution < 1.29 is 22.6 Å². The number of sulfonamides is 1. The van der Waals surface area contributed by atoms with Gasteiger partial charge in [-0.1, -0.05) is 0 Å². The van der Waals surface area contributed by atoms with E-state index >= 15 is 0 Å². The van der Waals surface area contributed by atoms with Crippen molar-refractivity contribution in [3.05, 3.63) is 47.5 Å². The monoisotopic (exact) mass is 377 g/mol. The summed E-state index contributed by atoms with van der Waals surface area (Å²) in [5.74, 6) is 1.88. The second-order valence-corrected chi connectivity index (χ2v) is 8.01. The molecular weight excluding hydrogens is 354 g/mol. The minimum Gasteiger partial charge on any atom is -0.497 e. The van der Waals surface area contributed by atoms with Gasteiger partial charge in [0.25, 0.3) is 0 Å². The second-order valence-electron chi connectivity index (χ2n) is 6.12. The third-order valence-electron chi connectivity index (χ3n) is 4.80. The Bertz CT molecular complexity index is 893. The summed E-state index contributed by atoms with van der Waals surface area (Å²) in [5.41, 5.74) is 2.02. The molecule has 2 aromatic rings. The average molecular weight is 377 g/mol. The highest BCUT2D eigenvalue weighted by Crippen LogP contribution is 2.39. The van der Waals surface area contributed by atoms with Crippen molar-refractivity contribution >= 4 is 10.0 Å². The van der Waals surface area contributed by atoms with Crippen LogP contribution in [0.25, 0.3) is 0 Å². The number of ether oxygens (including phenoxy) is 3. The van der Waals surface area contributed by atoms with Crippen molar-refractivity contribution in [2.45, 2.75) is 24.3 Å². The molecular formula is C19H23NO5S. The number of fused-ring (bicyclic) bond motifs is 1. The zero-order valence-electron chi connectivity index (χ0n) is 15.4. The van der Waals surface area contributed by atoms with Gasteiger partial charge in [-0.25, -0.2) is 8.42 Å². The molecule has 1 unspecified atom stereocenters. The maximum atomic E-state index is 13.1. The molecule has 0 N–H and O–H groups in total. The quantitative estimate of drug-likeness (QED) is 0.801. The van der Waals surface area contributed by atoms with Crippen LogP contribution < -0.4 is 14.2 Å². The van der Waals surface area contributed by atoms with Gasteiger partial charge < -0.3 is 14.2 Å². The molecule has 0 fully saturated rings. The Labute approximate surface area is 154 Å². The highest BCUT2D eigenvalue weighted by Gasteiger charge is 2.34. The second kappa shape index (κ2) is 7.17. The lowest BCUT2D eigenvalue weighted by Crippen LogP contribution is -2.38. The van der Waals surface area contributed by atoms with Gasteiger partial charge in [-0.15, -0.1) is 0 Å². The van der Waals surface area contributed by atoms with Gasteiger partial charge in [0, 0.05) is 12.6 Å². The van der Waals surface area contributed by atoms with Gasteiger partial charge in [0.15, 0.2) is 11.5 Å². The summed E-state index contributed by atoms with van der Waals surface area (Å²) in [7, 11) is 1.11. The first-order chi connectivity index (χ1) is 12.4. The largest absolute Gasteiger partial charge is 0.497 e. The van der Waals surface area contributed by atoms with Crippen LogP contribution in [0.3, 0.4) is 0 Å². The maximum Gasteiger partial charge on any atom is 0.243 e. The van der Waals surface area contributed by atoms with Crippen molar-refractivity contribution in [2.75, 3.05) is 27.9 Å². The minimum absolute atomic E-state index is 0.258. The third-order valence-corrected chi connectivity index (χ3v) is 6.78. The zero-order valence-corrected chi connectivity index (χ0v) is 16.2. The van der Waals surface area contributed by atoms with E-state index in [0.717, 1.165) is 11.1 Å². The summed E-state index contributed by atoms with van der Waals surface area (Å²) in [6, 6.07) is 9.96. The van der Waals surface area contributed by atoms with Gasteiger partial charge in [0.05, 0.1) is 26.2 Å². The highest BCUT2D eigenvalue weighted by molar-refractivity contribution is 7.89. The third kappa shape index (κ3) is 3.12. The highest BCUT2D eigenvalue weighted by atomic mass is 32.2. The predicted molar refractivity (Wildman–Crippen MR) is 98.6 cm³/mol. The Morgan fingerprint density at radius 2 is 1.58 bits per heavy atom. The van der Waals surface area contributed by atoms with E-state index in [0.29, 0.717) is 30.2 Å². The van der Waals surface area contributed by atoms with Crippen LogP contribution in [0.15, 0.2) is 41.3 Å². The molecule has 0 saturated heterocycles. The summed E-state index contributed by atoms with van der Waals surface area (Å²) in [6.07, 6.45) is 0.620. The van der Waals surface area contributed by atoms with Crippen molar-refractivity contribution in [1.82, 2.24) is 4.31 Å². The van der Waals surface area contributed by atoms with E-state index in [1.54, 1.807) is 45.6 Å². The maximum absolute atomic E-state index is 13.1. The van der Waals surface area contributed by atoms with E-state index < -0.39 is 10.0 Å². The Balaban J connectivity index is 1.98. The number of hydrogen-bond donors (Lipinski definition) is 0. The molecule has 0 aliphatic carbocycles. The Morgan fingerprint density at radius 1 is 0.962 bits per heavy atom. The van der Waals surface area contributed by atoms with Crippen molar-refractivity contribution in [1.29, 1.82) is 0 Å². The van der Waals surface area contributed by atoms with Crippen LogP contribution in [0.4, 0.5) is 0 Å². The molecule has 1 aliphatic heterocycles. The van der Waals surface area contributed by atoms with Gasteiger partial charge in [-0.2, -0.15) is 4.31 Å². The Hall–Kier alpha value is -2.25. The topological polar surface area (TPSA) is 65.1 Å². The van der Waals surface area contributed by atoms with Gasteiger partial charge in [0.1, 0.15) is 5.75 Å². The molecule has 3 rings (SSSR count). The first kappa shape index (κ1) is 18.5. The Morgan fingerprint density at radius 3 is 2.15 bits per heavy atom. The van der Waals surface area contributed by atoms with Crippen LogP contribution in [-0.2, 0) is 16.4 Å².